The van der Waals surface area contributed by atoms with Crippen molar-refractivity contribution in [2.75, 3.05) is 13.3 Å². The molecule has 0 bridgehead atoms. The van der Waals surface area contributed by atoms with Crippen LogP contribution in [0, 0.1) is 6.92 Å². The fraction of sp³-hybridized carbons (Fsp3) is 0.333. The average molecular weight is 171 g/mol. The summed E-state index contributed by atoms with van der Waals surface area (Å²) in [6, 6.07) is 5.49. The zero-order valence-corrected chi connectivity index (χ0v) is 7.37. The van der Waals surface area contributed by atoms with E-state index in [1.807, 2.05) is 19.1 Å². The Morgan fingerprint density at radius 3 is 3.18 bits per heavy atom. The molecule has 0 amide bonds. The Bertz CT molecular complexity index is 322. The highest BCUT2D eigenvalue weighted by Crippen LogP contribution is 2.27. The first-order chi connectivity index (χ1) is 6.42. The van der Waals surface area contributed by atoms with Crippen LogP contribution in [0.3, 0.4) is 0 Å². The van der Waals surface area contributed by atoms with Gasteiger partial charge in [-0.25, -0.2) is 0 Å². The first-order valence-electron chi connectivity index (χ1n) is 4.76. The minimum absolute atomic E-state index is 0.608. The standard InChI is InChI=1S/C9H12OS/c1-7-4-5-8(10-2)9(6-7)11-3/h4-6H,1-3H3/i3+1D2H. The summed E-state index contributed by atoms with van der Waals surface area (Å²) in [4.78, 5) is 0.660. The van der Waals surface area contributed by atoms with Crippen molar-refractivity contribution < 1.29 is 8.85 Å². The van der Waals surface area contributed by atoms with E-state index in [0.29, 0.717) is 10.6 Å². The van der Waals surface area contributed by atoms with Crippen LogP contribution in [0.25, 0.3) is 0 Å². The van der Waals surface area contributed by atoms with Gasteiger partial charge in [0.2, 0.25) is 0 Å². The number of hydrogen-bond acceptors (Lipinski definition) is 2. The van der Waals surface area contributed by atoms with Crippen molar-refractivity contribution in [1.29, 1.82) is 0 Å². The lowest BCUT2D eigenvalue weighted by atomic mass is 10.2. The van der Waals surface area contributed by atoms with E-state index in [1.165, 1.54) is 7.11 Å². The number of rotatable bonds is 2. The molecule has 0 aliphatic carbocycles. The van der Waals surface area contributed by atoms with Gasteiger partial charge in [0.1, 0.15) is 5.75 Å². The third kappa shape index (κ3) is 1.90. The van der Waals surface area contributed by atoms with E-state index < -0.39 is 6.18 Å². The van der Waals surface area contributed by atoms with Gasteiger partial charge in [-0.2, -0.15) is 0 Å². The molecule has 0 aromatic heterocycles. The van der Waals surface area contributed by atoms with E-state index in [2.05, 4.69) is 0 Å². The molecule has 60 valence electrons. The summed E-state index contributed by atoms with van der Waals surface area (Å²) >= 11 is 0.841. The van der Waals surface area contributed by atoms with E-state index in [0.717, 1.165) is 17.3 Å². The van der Waals surface area contributed by atoms with Gasteiger partial charge >= 0.3 is 0 Å². The molecule has 0 spiro atoms. The minimum atomic E-state index is -2.03. The van der Waals surface area contributed by atoms with Crippen LogP contribution in [-0.2, 0) is 0 Å². The molecule has 11 heavy (non-hydrogen) atoms. The van der Waals surface area contributed by atoms with Crippen molar-refractivity contribution in [2.24, 2.45) is 0 Å². The number of methoxy groups -OCH3 is 1. The van der Waals surface area contributed by atoms with Crippen LogP contribution in [0.2, 0.25) is 0 Å². The van der Waals surface area contributed by atoms with Gasteiger partial charge in [-0.3, -0.25) is 0 Å². The van der Waals surface area contributed by atoms with E-state index in [-0.39, 0.29) is 0 Å². The third-order valence-corrected chi connectivity index (χ3v) is 1.97. The van der Waals surface area contributed by atoms with Crippen LogP contribution in [0.15, 0.2) is 23.1 Å². The Balaban J connectivity index is 2.99. The maximum atomic E-state index is 7.15. The zero-order chi connectivity index (χ0) is 10.8. The summed E-state index contributed by atoms with van der Waals surface area (Å²) in [7, 11) is 1.54. The number of hydrogen-bond donors (Lipinski definition) is 0. The van der Waals surface area contributed by atoms with E-state index in [4.69, 9.17) is 8.85 Å². The summed E-state index contributed by atoms with van der Waals surface area (Å²) < 4.78 is 26.5. The van der Waals surface area contributed by atoms with Gasteiger partial charge in [0.15, 0.2) is 0 Å². The van der Waals surface area contributed by atoms with Crippen molar-refractivity contribution in [3.63, 3.8) is 0 Å². The van der Waals surface area contributed by atoms with Gasteiger partial charge < -0.3 is 4.74 Å². The lowest BCUT2D eigenvalue weighted by Gasteiger charge is -2.05. The summed E-state index contributed by atoms with van der Waals surface area (Å²) in [5.41, 5.74) is 1.03. The van der Waals surface area contributed by atoms with Crippen molar-refractivity contribution in [3.05, 3.63) is 23.8 Å². The van der Waals surface area contributed by atoms with Crippen LogP contribution in [0.5, 0.6) is 5.75 Å². The first-order valence-corrected chi connectivity index (χ1v) is 4.08. The second-order valence-electron chi connectivity index (χ2n) is 2.26. The Hall–Kier alpha value is -0.630. The SMILES string of the molecule is [1H][13C]([2H])([2H])Sc1cc(C)ccc1OC. The van der Waals surface area contributed by atoms with E-state index >= 15 is 0 Å². The van der Waals surface area contributed by atoms with Crippen molar-refractivity contribution in [2.45, 2.75) is 11.8 Å². The number of aryl methyl sites for hydroxylation is 1. The fourth-order valence-corrected chi connectivity index (χ4v) is 1.36. The van der Waals surface area contributed by atoms with Gasteiger partial charge in [0.25, 0.3) is 0 Å². The molecule has 2 heteroatoms. The van der Waals surface area contributed by atoms with Crippen LogP contribution < -0.4 is 4.74 Å². The Kier molecular flexibility index (Phi) is 1.70. The summed E-state index contributed by atoms with van der Waals surface area (Å²) in [5.74, 6) is 0.608. The minimum Gasteiger partial charge on any atom is -0.496 e. The molecule has 0 saturated heterocycles. The van der Waals surface area contributed by atoms with Crippen molar-refractivity contribution in [1.82, 2.24) is 0 Å². The number of thioether (sulfide) groups is 1. The van der Waals surface area contributed by atoms with Crippen molar-refractivity contribution >= 4 is 11.8 Å². The molecule has 0 fully saturated rings. The van der Waals surface area contributed by atoms with Crippen LogP contribution in [0.4, 0.5) is 0 Å². The molecule has 0 N–H and O–H groups in total. The molecule has 1 nitrogen and oxygen atoms in total. The maximum Gasteiger partial charge on any atom is 0.132 e. The molecule has 0 unspecified atom stereocenters. The highest BCUT2D eigenvalue weighted by Gasteiger charge is 1.99. The Morgan fingerprint density at radius 1 is 1.73 bits per heavy atom. The molecule has 0 saturated carbocycles. The smallest absolute Gasteiger partial charge is 0.132 e. The molecule has 0 atom stereocenters. The normalized spacial score (nSPS) is 14.9. The first kappa shape index (κ1) is 5.09. The van der Waals surface area contributed by atoms with Crippen LogP contribution in [-0.4, -0.2) is 13.3 Å². The topological polar surface area (TPSA) is 9.23 Å². The molecule has 0 heterocycles. The van der Waals surface area contributed by atoms with Gasteiger partial charge in [-0.05, 0) is 30.8 Å². The Morgan fingerprint density at radius 2 is 2.55 bits per heavy atom. The lowest BCUT2D eigenvalue weighted by Crippen LogP contribution is -1.85. The van der Waals surface area contributed by atoms with Crippen molar-refractivity contribution in [3.8, 4) is 5.75 Å². The van der Waals surface area contributed by atoms with Gasteiger partial charge in [-0.15, -0.1) is 11.8 Å². The van der Waals surface area contributed by atoms with Gasteiger partial charge in [-0.1, -0.05) is 6.07 Å². The largest absolute Gasteiger partial charge is 0.496 e. The second-order valence-corrected chi connectivity index (χ2v) is 2.90. The third-order valence-electron chi connectivity index (χ3n) is 1.43. The highest BCUT2D eigenvalue weighted by atomic mass is 32.2. The quantitative estimate of drug-likeness (QED) is 0.500. The molecular weight excluding hydrogens is 157 g/mol. The molecule has 0 radical (unpaired) electrons. The average Bonchev–Trinajstić information content (AvgIpc) is 2.01. The predicted molar refractivity (Wildman–Crippen MR) is 49.5 cm³/mol. The maximum absolute atomic E-state index is 7.15. The zero-order valence-electron chi connectivity index (χ0n) is 9.55. The second kappa shape index (κ2) is 3.67. The van der Waals surface area contributed by atoms with Gasteiger partial charge in [0, 0.05) is 9.01 Å². The fourth-order valence-electron chi connectivity index (χ4n) is 0.864. The summed E-state index contributed by atoms with van der Waals surface area (Å²) in [6.07, 6.45) is -2.03. The molecule has 0 aliphatic rings. The van der Waals surface area contributed by atoms with E-state index in [9.17, 15) is 0 Å². The van der Waals surface area contributed by atoms with Crippen LogP contribution >= 0.6 is 11.8 Å². The monoisotopic (exact) mass is 171 g/mol. The lowest BCUT2D eigenvalue weighted by molar-refractivity contribution is 0.404. The van der Waals surface area contributed by atoms with Crippen LogP contribution in [0.1, 0.15) is 9.68 Å². The van der Waals surface area contributed by atoms with E-state index in [1.54, 1.807) is 6.07 Å². The highest BCUT2D eigenvalue weighted by molar-refractivity contribution is 7.98. The number of ether oxygens (including phenoxy) is 1. The molecule has 0 aliphatic heterocycles. The molecule has 1 rings (SSSR count). The molecule has 1 aromatic carbocycles. The molecule has 1 aromatic rings. The predicted octanol–water partition coefficient (Wildman–Crippen LogP) is 2.73. The Labute approximate surface area is 76.0 Å². The van der Waals surface area contributed by atoms with Gasteiger partial charge in [0.05, 0.1) is 7.11 Å². The number of benzene rings is 1. The summed E-state index contributed by atoms with van der Waals surface area (Å²) in [6.45, 7) is 1.92. The summed E-state index contributed by atoms with van der Waals surface area (Å²) in [5, 5.41) is 0. The molecular formula is C9H12OS.